The van der Waals surface area contributed by atoms with Gasteiger partial charge >= 0.3 is 0 Å². The maximum Gasteiger partial charge on any atom is 0.142 e. The molecule has 1 aliphatic rings. The van der Waals surface area contributed by atoms with E-state index >= 15 is 0 Å². The molecule has 0 saturated carbocycles. The second-order valence-corrected chi connectivity index (χ2v) is 5.43. The van der Waals surface area contributed by atoms with Crippen molar-refractivity contribution in [3.05, 3.63) is 23.2 Å². The first-order chi connectivity index (χ1) is 9.22. The topological polar surface area (TPSA) is 30.5 Å². The lowest BCUT2D eigenvalue weighted by molar-refractivity contribution is 0.00595. The summed E-state index contributed by atoms with van der Waals surface area (Å²) in [6.45, 7) is 3.02. The Morgan fingerprint density at radius 2 is 2.32 bits per heavy atom. The summed E-state index contributed by atoms with van der Waals surface area (Å²) in [4.78, 5) is 0. The number of benzene rings is 1. The minimum atomic E-state index is 0.376. The van der Waals surface area contributed by atoms with Crippen LogP contribution in [0.25, 0.3) is 0 Å². The lowest BCUT2D eigenvalue weighted by atomic mass is 10.00. The second kappa shape index (κ2) is 7.01. The molecule has 0 aromatic heterocycles. The summed E-state index contributed by atoms with van der Waals surface area (Å²) in [6, 6.07) is 6.09. The first-order valence-electron chi connectivity index (χ1n) is 6.94. The highest BCUT2D eigenvalue weighted by Gasteiger charge is 2.22. The molecule has 4 heteroatoms. The highest BCUT2D eigenvalue weighted by molar-refractivity contribution is 6.30. The number of hydrogen-bond donors (Lipinski definition) is 1. The molecule has 1 saturated heterocycles. The zero-order valence-corrected chi connectivity index (χ0v) is 12.4. The molecule has 1 aromatic carbocycles. The van der Waals surface area contributed by atoms with Crippen LogP contribution < -0.4 is 10.1 Å². The fourth-order valence-electron chi connectivity index (χ4n) is 2.55. The lowest BCUT2D eigenvalue weighted by Gasteiger charge is -2.31. The number of rotatable bonds is 5. The Morgan fingerprint density at radius 3 is 3.05 bits per heavy atom. The van der Waals surface area contributed by atoms with Crippen LogP contribution in [0.2, 0.25) is 5.02 Å². The molecule has 0 aliphatic carbocycles. The quantitative estimate of drug-likeness (QED) is 0.882. The van der Waals surface area contributed by atoms with Gasteiger partial charge < -0.3 is 14.8 Å². The molecular formula is C15H22ClNO2. The summed E-state index contributed by atoms with van der Waals surface area (Å²) in [5.74, 6) is 0.836. The van der Waals surface area contributed by atoms with Crippen LogP contribution in [0.5, 0.6) is 5.75 Å². The van der Waals surface area contributed by atoms with Crippen molar-refractivity contribution >= 4 is 17.3 Å². The van der Waals surface area contributed by atoms with Crippen LogP contribution in [0.15, 0.2) is 18.2 Å². The Bertz CT molecular complexity index is 409. The molecule has 106 valence electrons. The van der Waals surface area contributed by atoms with E-state index in [1.165, 1.54) is 0 Å². The maximum atomic E-state index is 6.05. The molecule has 19 heavy (non-hydrogen) atoms. The minimum Gasteiger partial charge on any atom is -0.495 e. The molecule has 0 amide bonds. The average molecular weight is 284 g/mol. The van der Waals surface area contributed by atoms with Gasteiger partial charge in [-0.1, -0.05) is 24.9 Å². The number of anilines is 1. The van der Waals surface area contributed by atoms with Gasteiger partial charge in [-0.15, -0.1) is 0 Å². The van der Waals surface area contributed by atoms with Crippen molar-refractivity contribution in [2.45, 2.75) is 44.8 Å². The molecule has 0 bridgehead atoms. The van der Waals surface area contributed by atoms with Crippen molar-refractivity contribution in [1.82, 2.24) is 0 Å². The lowest BCUT2D eigenvalue weighted by Crippen LogP contribution is -2.34. The van der Waals surface area contributed by atoms with Gasteiger partial charge in [-0.3, -0.25) is 0 Å². The maximum absolute atomic E-state index is 6.05. The first kappa shape index (κ1) is 14.5. The average Bonchev–Trinajstić information content (AvgIpc) is 2.40. The Balaban J connectivity index is 2.01. The van der Waals surface area contributed by atoms with Crippen molar-refractivity contribution in [3.63, 3.8) is 0 Å². The molecule has 1 aromatic rings. The molecule has 1 aliphatic heterocycles. The van der Waals surface area contributed by atoms with Gasteiger partial charge in [0.25, 0.3) is 0 Å². The van der Waals surface area contributed by atoms with Gasteiger partial charge in [0.15, 0.2) is 0 Å². The van der Waals surface area contributed by atoms with E-state index in [4.69, 9.17) is 21.1 Å². The van der Waals surface area contributed by atoms with Crippen LogP contribution in [0, 0.1) is 0 Å². The van der Waals surface area contributed by atoms with E-state index in [-0.39, 0.29) is 0 Å². The molecule has 2 unspecified atom stereocenters. The van der Waals surface area contributed by atoms with Crippen LogP contribution in [0.1, 0.15) is 32.6 Å². The molecule has 2 rings (SSSR count). The van der Waals surface area contributed by atoms with Crippen LogP contribution in [0.4, 0.5) is 5.69 Å². The largest absolute Gasteiger partial charge is 0.495 e. The van der Waals surface area contributed by atoms with Crippen molar-refractivity contribution in [1.29, 1.82) is 0 Å². The van der Waals surface area contributed by atoms with Gasteiger partial charge in [0.2, 0.25) is 0 Å². The molecule has 1 fully saturated rings. The predicted molar refractivity (Wildman–Crippen MR) is 79.3 cm³/mol. The highest BCUT2D eigenvalue weighted by Crippen LogP contribution is 2.30. The SMILES string of the molecule is CCCC1CC(Nc2cc(Cl)ccc2OC)CCO1. The van der Waals surface area contributed by atoms with Crippen molar-refractivity contribution in [2.75, 3.05) is 19.0 Å². The van der Waals surface area contributed by atoms with Crippen molar-refractivity contribution in [2.24, 2.45) is 0 Å². The number of nitrogens with one attached hydrogen (secondary N) is 1. The van der Waals surface area contributed by atoms with E-state index in [2.05, 4.69) is 12.2 Å². The van der Waals surface area contributed by atoms with Gasteiger partial charge in [0.1, 0.15) is 5.75 Å². The number of ether oxygens (including phenoxy) is 2. The Kier molecular flexibility index (Phi) is 5.34. The highest BCUT2D eigenvalue weighted by atomic mass is 35.5. The summed E-state index contributed by atoms with van der Waals surface area (Å²) in [5.41, 5.74) is 0.970. The third kappa shape index (κ3) is 4.02. The summed E-state index contributed by atoms with van der Waals surface area (Å²) in [5, 5.41) is 4.26. The third-order valence-electron chi connectivity index (χ3n) is 3.50. The van der Waals surface area contributed by atoms with E-state index in [1.807, 2.05) is 18.2 Å². The Morgan fingerprint density at radius 1 is 1.47 bits per heavy atom. The van der Waals surface area contributed by atoms with Gasteiger partial charge in [0.05, 0.1) is 18.9 Å². The van der Waals surface area contributed by atoms with Crippen LogP contribution in [-0.4, -0.2) is 25.9 Å². The van der Waals surface area contributed by atoms with Gasteiger partial charge in [-0.2, -0.15) is 0 Å². The molecule has 1 N–H and O–H groups in total. The fraction of sp³-hybridized carbons (Fsp3) is 0.600. The Labute approximate surface area is 120 Å². The molecule has 1 heterocycles. The predicted octanol–water partition coefficient (Wildman–Crippen LogP) is 4.11. The van der Waals surface area contributed by atoms with E-state index in [1.54, 1.807) is 7.11 Å². The molecule has 0 spiro atoms. The second-order valence-electron chi connectivity index (χ2n) is 4.99. The number of halogens is 1. The first-order valence-corrected chi connectivity index (χ1v) is 7.32. The van der Waals surface area contributed by atoms with E-state index in [9.17, 15) is 0 Å². The van der Waals surface area contributed by atoms with Crippen molar-refractivity contribution in [3.8, 4) is 5.75 Å². The van der Waals surface area contributed by atoms with Crippen LogP contribution in [-0.2, 0) is 4.74 Å². The molecule has 3 nitrogen and oxygen atoms in total. The summed E-state index contributed by atoms with van der Waals surface area (Å²) in [7, 11) is 1.68. The molecule has 0 radical (unpaired) electrons. The zero-order chi connectivity index (χ0) is 13.7. The van der Waals surface area contributed by atoms with Crippen LogP contribution in [0.3, 0.4) is 0 Å². The van der Waals surface area contributed by atoms with E-state index < -0.39 is 0 Å². The summed E-state index contributed by atoms with van der Waals surface area (Å²) < 4.78 is 11.1. The van der Waals surface area contributed by atoms with Gasteiger partial charge in [-0.25, -0.2) is 0 Å². The van der Waals surface area contributed by atoms with Gasteiger partial charge in [-0.05, 0) is 37.5 Å². The molecular weight excluding hydrogens is 262 g/mol. The summed E-state index contributed by atoms with van der Waals surface area (Å²) >= 11 is 6.05. The fourth-order valence-corrected chi connectivity index (χ4v) is 2.72. The summed E-state index contributed by atoms with van der Waals surface area (Å²) in [6.07, 6.45) is 4.74. The normalized spacial score (nSPS) is 23.1. The standard InChI is InChI=1S/C15H22ClNO2/c1-3-4-13-10-12(7-8-19-13)17-14-9-11(16)5-6-15(14)18-2/h5-6,9,12-13,17H,3-4,7-8,10H2,1-2H3. The van der Waals surface area contributed by atoms with Gasteiger partial charge in [0, 0.05) is 17.7 Å². The monoisotopic (exact) mass is 283 g/mol. The smallest absolute Gasteiger partial charge is 0.142 e. The number of hydrogen-bond acceptors (Lipinski definition) is 3. The van der Waals surface area contributed by atoms with E-state index in [0.717, 1.165) is 48.7 Å². The minimum absolute atomic E-state index is 0.376. The Hall–Kier alpha value is -0.930. The van der Waals surface area contributed by atoms with Crippen LogP contribution >= 0.6 is 11.6 Å². The van der Waals surface area contributed by atoms with E-state index in [0.29, 0.717) is 12.1 Å². The van der Waals surface area contributed by atoms with Crippen molar-refractivity contribution < 1.29 is 9.47 Å². The molecule has 2 atom stereocenters. The number of methoxy groups -OCH3 is 1. The third-order valence-corrected chi connectivity index (χ3v) is 3.73. The zero-order valence-electron chi connectivity index (χ0n) is 11.6.